The quantitative estimate of drug-likeness (QED) is 0.875. The fourth-order valence-electron chi connectivity index (χ4n) is 2.81. The molecular weight excluding hydrogens is 238 g/mol. The van der Waals surface area contributed by atoms with E-state index in [4.69, 9.17) is 4.74 Å². The van der Waals surface area contributed by atoms with Crippen LogP contribution in [0.25, 0.3) is 5.57 Å². The normalized spacial score (nSPS) is 19.0. The van der Waals surface area contributed by atoms with E-state index < -0.39 is 5.60 Å². The number of methoxy groups -OCH3 is 1. The van der Waals surface area contributed by atoms with Crippen LogP contribution in [0, 0.1) is 0 Å². The Balaban J connectivity index is 2.31. The molecule has 0 spiro atoms. The Bertz CT molecular complexity index is 431. The number of nitrogens with one attached hydrogen (secondary N) is 1. The molecule has 19 heavy (non-hydrogen) atoms. The maximum Gasteiger partial charge on any atom is 0.118 e. The molecule has 0 heterocycles. The predicted molar refractivity (Wildman–Crippen MR) is 78.1 cm³/mol. The molecule has 3 heteroatoms. The van der Waals surface area contributed by atoms with Gasteiger partial charge in [-0.2, -0.15) is 0 Å². The standard InChI is InChI=1S/C16H23NO2/c1-17-12-15(16(18)10-4-3-5-11-16)13-6-8-14(19-2)9-7-13/h6-9,12,17-18H,3-5,10-11H2,1-2H3/b15-12-. The number of ether oxygens (including phenoxy) is 1. The largest absolute Gasteiger partial charge is 0.497 e. The lowest BCUT2D eigenvalue weighted by atomic mass is 9.77. The van der Waals surface area contributed by atoms with Crippen molar-refractivity contribution in [3.63, 3.8) is 0 Å². The molecule has 104 valence electrons. The highest BCUT2D eigenvalue weighted by Crippen LogP contribution is 2.39. The summed E-state index contributed by atoms with van der Waals surface area (Å²) >= 11 is 0. The van der Waals surface area contributed by atoms with Crippen LogP contribution in [0.2, 0.25) is 0 Å². The Morgan fingerprint density at radius 3 is 2.37 bits per heavy atom. The Hall–Kier alpha value is -1.48. The maximum atomic E-state index is 10.9. The molecule has 1 aliphatic rings. The van der Waals surface area contributed by atoms with E-state index in [1.54, 1.807) is 7.11 Å². The van der Waals surface area contributed by atoms with Crippen LogP contribution >= 0.6 is 0 Å². The van der Waals surface area contributed by atoms with Crippen LogP contribution in [-0.2, 0) is 0 Å². The Morgan fingerprint density at radius 2 is 1.84 bits per heavy atom. The van der Waals surface area contributed by atoms with E-state index in [0.29, 0.717) is 0 Å². The highest BCUT2D eigenvalue weighted by Gasteiger charge is 2.33. The van der Waals surface area contributed by atoms with Gasteiger partial charge in [-0.3, -0.25) is 0 Å². The lowest BCUT2D eigenvalue weighted by molar-refractivity contribution is 0.0611. The lowest BCUT2D eigenvalue weighted by Crippen LogP contribution is -2.33. The lowest BCUT2D eigenvalue weighted by Gasteiger charge is -2.34. The molecule has 0 bridgehead atoms. The molecule has 2 N–H and O–H groups in total. The van der Waals surface area contributed by atoms with Crippen LogP contribution in [0.5, 0.6) is 5.75 Å². The second kappa shape index (κ2) is 6.11. The summed E-state index contributed by atoms with van der Waals surface area (Å²) < 4.78 is 5.18. The van der Waals surface area contributed by atoms with Crippen molar-refractivity contribution < 1.29 is 9.84 Å². The summed E-state index contributed by atoms with van der Waals surface area (Å²) in [6.07, 6.45) is 7.01. The molecule has 1 aromatic carbocycles. The van der Waals surface area contributed by atoms with E-state index in [9.17, 15) is 5.11 Å². The van der Waals surface area contributed by atoms with Crippen molar-refractivity contribution >= 4 is 5.57 Å². The zero-order chi connectivity index (χ0) is 13.7. The van der Waals surface area contributed by atoms with Crippen molar-refractivity contribution in [2.75, 3.05) is 14.2 Å². The van der Waals surface area contributed by atoms with Crippen LogP contribution in [-0.4, -0.2) is 24.9 Å². The minimum atomic E-state index is -0.699. The molecule has 1 fully saturated rings. The van der Waals surface area contributed by atoms with E-state index in [2.05, 4.69) is 5.32 Å². The van der Waals surface area contributed by atoms with Crippen LogP contribution in [0.4, 0.5) is 0 Å². The van der Waals surface area contributed by atoms with Gasteiger partial charge in [0.2, 0.25) is 0 Å². The van der Waals surface area contributed by atoms with Gasteiger partial charge in [0.05, 0.1) is 12.7 Å². The second-order valence-corrected chi connectivity index (χ2v) is 5.17. The highest BCUT2D eigenvalue weighted by molar-refractivity contribution is 5.72. The van der Waals surface area contributed by atoms with Gasteiger partial charge < -0.3 is 15.2 Å². The molecule has 0 saturated heterocycles. The number of benzene rings is 1. The first kappa shape index (κ1) is 13.9. The van der Waals surface area contributed by atoms with E-state index >= 15 is 0 Å². The zero-order valence-corrected chi connectivity index (χ0v) is 11.8. The molecule has 1 saturated carbocycles. The summed E-state index contributed by atoms with van der Waals surface area (Å²) in [5.74, 6) is 0.836. The summed E-state index contributed by atoms with van der Waals surface area (Å²) in [6, 6.07) is 7.89. The van der Waals surface area contributed by atoms with E-state index in [1.807, 2.05) is 37.5 Å². The third kappa shape index (κ3) is 3.10. The summed E-state index contributed by atoms with van der Waals surface area (Å²) in [6.45, 7) is 0. The molecule has 0 radical (unpaired) electrons. The Labute approximate surface area is 115 Å². The van der Waals surface area contributed by atoms with Crippen molar-refractivity contribution in [3.05, 3.63) is 36.0 Å². The smallest absolute Gasteiger partial charge is 0.118 e. The molecule has 2 rings (SSSR count). The first-order valence-corrected chi connectivity index (χ1v) is 6.94. The van der Waals surface area contributed by atoms with Gasteiger partial charge in [-0.15, -0.1) is 0 Å². The van der Waals surface area contributed by atoms with Gasteiger partial charge >= 0.3 is 0 Å². The third-order valence-electron chi connectivity index (χ3n) is 3.87. The van der Waals surface area contributed by atoms with Gasteiger partial charge in [0.15, 0.2) is 0 Å². The third-order valence-corrected chi connectivity index (χ3v) is 3.87. The maximum absolute atomic E-state index is 10.9. The molecule has 0 unspecified atom stereocenters. The first-order valence-electron chi connectivity index (χ1n) is 6.94. The fraction of sp³-hybridized carbons (Fsp3) is 0.500. The van der Waals surface area contributed by atoms with Crippen molar-refractivity contribution in [2.24, 2.45) is 0 Å². The van der Waals surface area contributed by atoms with Gasteiger partial charge in [0, 0.05) is 18.8 Å². The SMILES string of the molecule is CN/C=C(/c1ccc(OC)cc1)C1(O)CCCCC1. The van der Waals surface area contributed by atoms with Gasteiger partial charge in [0.1, 0.15) is 5.75 Å². The average Bonchev–Trinajstić information content (AvgIpc) is 2.45. The molecule has 0 aromatic heterocycles. The average molecular weight is 261 g/mol. The predicted octanol–water partition coefficient (Wildman–Crippen LogP) is 2.95. The number of aliphatic hydroxyl groups is 1. The molecular formula is C16H23NO2. The van der Waals surface area contributed by atoms with E-state index in [-0.39, 0.29) is 0 Å². The second-order valence-electron chi connectivity index (χ2n) is 5.17. The van der Waals surface area contributed by atoms with Crippen LogP contribution < -0.4 is 10.1 Å². The van der Waals surface area contributed by atoms with Crippen molar-refractivity contribution in [3.8, 4) is 5.75 Å². The van der Waals surface area contributed by atoms with Crippen LogP contribution in [0.15, 0.2) is 30.5 Å². The minimum absolute atomic E-state index is 0.699. The number of rotatable bonds is 4. The van der Waals surface area contributed by atoms with Crippen molar-refractivity contribution in [2.45, 2.75) is 37.7 Å². The summed E-state index contributed by atoms with van der Waals surface area (Å²) in [4.78, 5) is 0. The molecule has 1 aromatic rings. The first-order chi connectivity index (χ1) is 9.19. The van der Waals surface area contributed by atoms with Gasteiger partial charge in [-0.25, -0.2) is 0 Å². The van der Waals surface area contributed by atoms with Crippen LogP contribution in [0.1, 0.15) is 37.7 Å². The minimum Gasteiger partial charge on any atom is -0.497 e. The number of hydrogen-bond donors (Lipinski definition) is 2. The number of hydrogen-bond acceptors (Lipinski definition) is 3. The summed E-state index contributed by atoms with van der Waals surface area (Å²) in [5.41, 5.74) is 1.34. The molecule has 0 aliphatic heterocycles. The molecule has 3 nitrogen and oxygen atoms in total. The molecule has 0 amide bonds. The zero-order valence-electron chi connectivity index (χ0n) is 11.8. The summed E-state index contributed by atoms with van der Waals surface area (Å²) in [7, 11) is 3.53. The fourth-order valence-corrected chi connectivity index (χ4v) is 2.81. The van der Waals surface area contributed by atoms with Crippen molar-refractivity contribution in [1.82, 2.24) is 5.32 Å². The van der Waals surface area contributed by atoms with E-state index in [0.717, 1.165) is 42.6 Å². The van der Waals surface area contributed by atoms with Gasteiger partial charge in [-0.05, 0) is 30.5 Å². The van der Waals surface area contributed by atoms with Crippen molar-refractivity contribution in [1.29, 1.82) is 0 Å². The topological polar surface area (TPSA) is 41.5 Å². The highest BCUT2D eigenvalue weighted by atomic mass is 16.5. The van der Waals surface area contributed by atoms with Crippen LogP contribution in [0.3, 0.4) is 0 Å². The monoisotopic (exact) mass is 261 g/mol. The summed E-state index contributed by atoms with van der Waals surface area (Å²) in [5, 5.41) is 14.0. The van der Waals surface area contributed by atoms with E-state index in [1.165, 1.54) is 6.42 Å². The molecule has 0 atom stereocenters. The Kier molecular flexibility index (Phi) is 4.48. The van der Waals surface area contributed by atoms with Gasteiger partial charge in [-0.1, -0.05) is 31.4 Å². The van der Waals surface area contributed by atoms with Gasteiger partial charge in [0.25, 0.3) is 0 Å². The Morgan fingerprint density at radius 1 is 1.21 bits per heavy atom. The molecule has 1 aliphatic carbocycles.